The van der Waals surface area contributed by atoms with Gasteiger partial charge in [0.1, 0.15) is 5.60 Å². The Bertz CT molecular complexity index is 399. The number of hydrogen-bond acceptors (Lipinski definition) is 3. The fraction of sp³-hybridized carbons (Fsp3) is 0.562. The molecule has 1 aromatic rings. The highest BCUT2D eigenvalue weighted by Gasteiger charge is 2.21. The first kappa shape index (κ1) is 16.3. The number of hydrogen-bond donors (Lipinski definition) is 1. The molecule has 0 aliphatic heterocycles. The predicted molar refractivity (Wildman–Crippen MR) is 82.8 cm³/mol. The summed E-state index contributed by atoms with van der Waals surface area (Å²) in [5.41, 5.74) is 0.534. The summed E-state index contributed by atoms with van der Waals surface area (Å²) in [5.74, 6) is 0. The van der Waals surface area contributed by atoms with E-state index in [9.17, 15) is 4.79 Å². The molecule has 0 spiro atoms. The SMILES string of the molecule is CCCCN(CNc1ccccc1)C(=O)OC(C)(C)C. The predicted octanol–water partition coefficient (Wildman–Crippen LogP) is 4.09. The summed E-state index contributed by atoms with van der Waals surface area (Å²) in [6.45, 7) is 8.91. The second-order valence-corrected chi connectivity index (χ2v) is 5.80. The van der Waals surface area contributed by atoms with Crippen LogP contribution in [0.3, 0.4) is 0 Å². The minimum atomic E-state index is -0.464. The third kappa shape index (κ3) is 6.45. The lowest BCUT2D eigenvalue weighted by atomic mass is 10.2. The maximum absolute atomic E-state index is 12.1. The van der Waals surface area contributed by atoms with Gasteiger partial charge in [0.2, 0.25) is 0 Å². The van der Waals surface area contributed by atoms with Crippen molar-refractivity contribution in [2.45, 2.75) is 46.1 Å². The van der Waals surface area contributed by atoms with Crippen LogP contribution in [-0.2, 0) is 4.74 Å². The van der Waals surface area contributed by atoms with E-state index in [1.807, 2.05) is 51.1 Å². The minimum Gasteiger partial charge on any atom is -0.444 e. The molecule has 0 radical (unpaired) electrons. The number of rotatable bonds is 6. The van der Waals surface area contributed by atoms with Crippen molar-refractivity contribution in [3.05, 3.63) is 30.3 Å². The summed E-state index contributed by atoms with van der Waals surface area (Å²) < 4.78 is 5.43. The van der Waals surface area contributed by atoms with Crippen molar-refractivity contribution in [1.29, 1.82) is 0 Å². The van der Waals surface area contributed by atoms with Gasteiger partial charge in [0.15, 0.2) is 0 Å². The first-order valence-corrected chi connectivity index (χ1v) is 7.19. The molecule has 1 N–H and O–H groups in total. The Labute approximate surface area is 122 Å². The zero-order valence-corrected chi connectivity index (χ0v) is 13.0. The van der Waals surface area contributed by atoms with E-state index in [4.69, 9.17) is 4.74 Å². The van der Waals surface area contributed by atoms with E-state index in [1.54, 1.807) is 4.90 Å². The maximum atomic E-state index is 12.1. The van der Waals surface area contributed by atoms with Crippen molar-refractivity contribution in [2.75, 3.05) is 18.5 Å². The van der Waals surface area contributed by atoms with E-state index in [2.05, 4.69) is 12.2 Å². The van der Waals surface area contributed by atoms with Crippen LogP contribution in [0, 0.1) is 0 Å². The molecule has 1 amide bonds. The molecule has 0 bridgehead atoms. The van der Waals surface area contributed by atoms with E-state index < -0.39 is 5.60 Å². The molecule has 1 aromatic carbocycles. The normalized spacial score (nSPS) is 11.0. The van der Waals surface area contributed by atoms with Crippen LogP contribution in [0.5, 0.6) is 0 Å². The van der Waals surface area contributed by atoms with Crippen LogP contribution in [-0.4, -0.2) is 29.8 Å². The molecule has 112 valence electrons. The third-order valence-electron chi connectivity index (χ3n) is 2.68. The van der Waals surface area contributed by atoms with Gasteiger partial charge < -0.3 is 10.1 Å². The standard InChI is InChI=1S/C16H26N2O2/c1-5-6-12-18(15(19)20-16(2,3)4)13-17-14-10-8-7-9-11-14/h7-11,17H,5-6,12-13H2,1-4H3. The van der Waals surface area contributed by atoms with Gasteiger partial charge in [-0.25, -0.2) is 4.79 Å². The number of nitrogens with zero attached hydrogens (tertiary/aromatic N) is 1. The van der Waals surface area contributed by atoms with Gasteiger partial charge in [0.25, 0.3) is 0 Å². The zero-order valence-electron chi connectivity index (χ0n) is 13.0. The maximum Gasteiger partial charge on any atom is 0.411 e. The Hall–Kier alpha value is -1.71. The number of unbranched alkanes of at least 4 members (excludes halogenated alkanes) is 1. The average Bonchev–Trinajstić information content (AvgIpc) is 2.38. The van der Waals surface area contributed by atoms with Gasteiger partial charge in [0.05, 0.1) is 6.67 Å². The number of amides is 1. The summed E-state index contributed by atoms with van der Waals surface area (Å²) in [6, 6.07) is 9.85. The van der Waals surface area contributed by atoms with Crippen LogP contribution in [0.4, 0.5) is 10.5 Å². The minimum absolute atomic E-state index is 0.269. The molecule has 0 unspecified atom stereocenters. The number of carbonyl (C=O) groups is 1. The second-order valence-electron chi connectivity index (χ2n) is 5.80. The molecule has 4 nitrogen and oxygen atoms in total. The van der Waals surface area contributed by atoms with Crippen molar-refractivity contribution in [3.8, 4) is 0 Å². The average molecular weight is 278 g/mol. The van der Waals surface area contributed by atoms with E-state index in [1.165, 1.54) is 0 Å². The van der Waals surface area contributed by atoms with E-state index >= 15 is 0 Å². The molecule has 20 heavy (non-hydrogen) atoms. The molecule has 0 saturated heterocycles. The monoisotopic (exact) mass is 278 g/mol. The Morgan fingerprint density at radius 1 is 1.25 bits per heavy atom. The third-order valence-corrected chi connectivity index (χ3v) is 2.68. The Morgan fingerprint density at radius 2 is 1.90 bits per heavy atom. The fourth-order valence-electron chi connectivity index (χ4n) is 1.65. The number of nitrogens with one attached hydrogen (secondary N) is 1. The first-order valence-electron chi connectivity index (χ1n) is 7.19. The topological polar surface area (TPSA) is 41.6 Å². The number of benzene rings is 1. The van der Waals surface area contributed by atoms with Crippen LogP contribution in [0.1, 0.15) is 40.5 Å². The van der Waals surface area contributed by atoms with Crippen molar-refractivity contribution in [1.82, 2.24) is 4.90 Å². The van der Waals surface area contributed by atoms with Gasteiger partial charge in [-0.05, 0) is 39.3 Å². The van der Waals surface area contributed by atoms with Gasteiger partial charge in [-0.2, -0.15) is 0 Å². The molecule has 0 heterocycles. The molecular weight excluding hydrogens is 252 g/mol. The lowest BCUT2D eigenvalue weighted by Gasteiger charge is -2.27. The van der Waals surface area contributed by atoms with Crippen molar-refractivity contribution in [2.24, 2.45) is 0 Å². The van der Waals surface area contributed by atoms with Crippen LogP contribution >= 0.6 is 0 Å². The molecule has 1 rings (SSSR count). The van der Waals surface area contributed by atoms with Gasteiger partial charge in [-0.3, -0.25) is 4.90 Å². The van der Waals surface area contributed by atoms with Crippen LogP contribution in [0.15, 0.2) is 30.3 Å². The summed E-state index contributed by atoms with van der Waals surface area (Å²) in [7, 11) is 0. The van der Waals surface area contributed by atoms with Crippen LogP contribution in [0.25, 0.3) is 0 Å². The van der Waals surface area contributed by atoms with Crippen molar-refractivity contribution in [3.63, 3.8) is 0 Å². The summed E-state index contributed by atoms with van der Waals surface area (Å²) in [5, 5.41) is 3.25. The fourth-order valence-corrected chi connectivity index (χ4v) is 1.65. The number of carbonyl (C=O) groups excluding carboxylic acids is 1. The largest absolute Gasteiger partial charge is 0.444 e. The highest BCUT2D eigenvalue weighted by molar-refractivity contribution is 5.68. The van der Waals surface area contributed by atoms with E-state index in [0.717, 1.165) is 18.5 Å². The quantitative estimate of drug-likeness (QED) is 0.797. The summed E-state index contributed by atoms with van der Waals surface area (Å²) in [6.07, 6.45) is 1.75. The van der Waals surface area contributed by atoms with Gasteiger partial charge in [-0.1, -0.05) is 31.5 Å². The molecule has 0 fully saturated rings. The smallest absolute Gasteiger partial charge is 0.411 e. The molecule has 4 heteroatoms. The van der Waals surface area contributed by atoms with E-state index in [0.29, 0.717) is 13.2 Å². The molecule has 0 aliphatic rings. The zero-order chi connectivity index (χ0) is 15.0. The summed E-state index contributed by atoms with van der Waals surface area (Å²) >= 11 is 0. The summed E-state index contributed by atoms with van der Waals surface area (Å²) in [4.78, 5) is 13.9. The number of para-hydroxylation sites is 1. The Balaban J connectivity index is 2.57. The first-order chi connectivity index (χ1) is 9.42. The van der Waals surface area contributed by atoms with Crippen molar-refractivity contribution >= 4 is 11.8 Å². The van der Waals surface area contributed by atoms with Crippen molar-refractivity contribution < 1.29 is 9.53 Å². The lowest BCUT2D eigenvalue weighted by Crippen LogP contribution is -2.40. The molecular formula is C16H26N2O2. The Kier molecular flexibility index (Phi) is 6.36. The van der Waals surface area contributed by atoms with Gasteiger partial charge in [0, 0.05) is 12.2 Å². The number of ether oxygens (including phenoxy) is 1. The van der Waals surface area contributed by atoms with Gasteiger partial charge in [-0.15, -0.1) is 0 Å². The molecule has 0 atom stereocenters. The van der Waals surface area contributed by atoms with Gasteiger partial charge >= 0.3 is 6.09 Å². The number of anilines is 1. The lowest BCUT2D eigenvalue weighted by molar-refractivity contribution is 0.0262. The highest BCUT2D eigenvalue weighted by Crippen LogP contribution is 2.11. The molecule has 0 saturated carbocycles. The molecule has 0 aliphatic carbocycles. The highest BCUT2D eigenvalue weighted by atomic mass is 16.6. The second kappa shape index (κ2) is 7.78. The van der Waals surface area contributed by atoms with Crippen LogP contribution in [0.2, 0.25) is 0 Å². The van der Waals surface area contributed by atoms with Crippen LogP contribution < -0.4 is 5.32 Å². The van der Waals surface area contributed by atoms with E-state index in [-0.39, 0.29) is 6.09 Å². The molecule has 0 aromatic heterocycles. The Morgan fingerprint density at radius 3 is 2.45 bits per heavy atom.